The summed E-state index contributed by atoms with van der Waals surface area (Å²) in [7, 11) is 0. The van der Waals surface area contributed by atoms with Gasteiger partial charge in [0.05, 0.1) is 23.8 Å². The van der Waals surface area contributed by atoms with Gasteiger partial charge in [-0.05, 0) is 65.2 Å². The average Bonchev–Trinajstić information content (AvgIpc) is 3.49. The molecule has 6 rings (SSSR count). The lowest BCUT2D eigenvalue weighted by Crippen LogP contribution is -2.40. The molecule has 0 amide bonds. The van der Waals surface area contributed by atoms with Gasteiger partial charge in [0.2, 0.25) is 0 Å². The van der Waals surface area contributed by atoms with Crippen molar-refractivity contribution < 1.29 is 13.9 Å². The highest BCUT2D eigenvalue weighted by Gasteiger charge is 2.12. The van der Waals surface area contributed by atoms with Crippen molar-refractivity contribution in [2.45, 2.75) is 13.2 Å². The summed E-state index contributed by atoms with van der Waals surface area (Å²) in [5.41, 5.74) is 5.58. The monoisotopic (exact) mass is 586 g/mol. The first-order chi connectivity index (χ1) is 20.6. The maximum absolute atomic E-state index is 13.5. The molecule has 1 aliphatic rings. The van der Waals surface area contributed by atoms with Crippen LogP contribution in [0.25, 0.3) is 22.2 Å². The van der Waals surface area contributed by atoms with Crippen molar-refractivity contribution in [3.8, 4) is 17.0 Å². The van der Waals surface area contributed by atoms with Crippen molar-refractivity contribution in [3.63, 3.8) is 0 Å². The van der Waals surface area contributed by atoms with Crippen molar-refractivity contribution >= 4 is 34.0 Å². The molecule has 3 heterocycles. The number of hydrogen-bond donors (Lipinski definition) is 3. The summed E-state index contributed by atoms with van der Waals surface area (Å²) in [6.07, 6.45) is 3.58. The third-order valence-corrected chi connectivity index (χ3v) is 7.50. The summed E-state index contributed by atoms with van der Waals surface area (Å²) in [4.78, 5) is 14.8. The second-order valence-electron chi connectivity index (χ2n) is 10.2. The summed E-state index contributed by atoms with van der Waals surface area (Å²) in [6, 6.07) is 20.0. The first kappa shape index (κ1) is 28.1. The Labute approximate surface area is 248 Å². The number of hydrogen-bond acceptors (Lipinski definition) is 7. The van der Waals surface area contributed by atoms with Gasteiger partial charge in [0.25, 0.3) is 0 Å². The highest BCUT2D eigenvalue weighted by Crippen LogP contribution is 2.32. The van der Waals surface area contributed by atoms with Gasteiger partial charge in [-0.15, -0.1) is 0 Å². The fourth-order valence-electron chi connectivity index (χ4n) is 4.95. The number of anilines is 2. The van der Waals surface area contributed by atoms with Crippen LogP contribution in [-0.2, 0) is 17.9 Å². The predicted molar refractivity (Wildman–Crippen MR) is 164 cm³/mol. The Kier molecular flexibility index (Phi) is 8.91. The zero-order valence-electron chi connectivity index (χ0n) is 23.1. The van der Waals surface area contributed by atoms with Crippen LogP contribution in [0.15, 0.2) is 79.3 Å². The van der Waals surface area contributed by atoms with Gasteiger partial charge < -0.3 is 25.1 Å². The minimum atomic E-state index is -0.300. The van der Waals surface area contributed by atoms with E-state index in [-0.39, 0.29) is 12.4 Å². The lowest BCUT2D eigenvalue weighted by atomic mass is 10.1. The maximum Gasteiger partial charge on any atom is 0.141 e. The third kappa shape index (κ3) is 7.06. The summed E-state index contributed by atoms with van der Waals surface area (Å²) in [5.74, 6) is 0.883. The Balaban J connectivity index is 1.11. The topological polar surface area (TPSA) is 87.3 Å². The quantitative estimate of drug-likeness (QED) is 0.160. The smallest absolute Gasteiger partial charge is 0.141 e. The zero-order valence-corrected chi connectivity index (χ0v) is 23.8. The number of nitrogens with zero attached hydrogens (tertiary/aromatic N) is 3. The Hall–Kier alpha value is -4.02. The van der Waals surface area contributed by atoms with Crippen molar-refractivity contribution in [2.24, 2.45) is 0 Å². The van der Waals surface area contributed by atoms with Crippen LogP contribution < -0.4 is 15.4 Å². The lowest BCUT2D eigenvalue weighted by Gasteiger charge is -2.26. The van der Waals surface area contributed by atoms with E-state index in [2.05, 4.69) is 48.7 Å². The molecule has 8 nitrogen and oxygen atoms in total. The van der Waals surface area contributed by atoms with Gasteiger partial charge in [-0.25, -0.2) is 14.4 Å². The highest BCUT2D eigenvalue weighted by atomic mass is 35.5. The molecule has 216 valence electrons. The molecule has 3 aromatic carbocycles. The van der Waals surface area contributed by atoms with E-state index >= 15 is 0 Å². The number of benzene rings is 3. The lowest BCUT2D eigenvalue weighted by molar-refractivity contribution is 0.0384. The van der Waals surface area contributed by atoms with Gasteiger partial charge in [-0.2, -0.15) is 0 Å². The number of aromatic amines is 1. The van der Waals surface area contributed by atoms with Crippen LogP contribution in [0.5, 0.6) is 5.75 Å². The molecule has 0 bridgehead atoms. The van der Waals surface area contributed by atoms with Crippen LogP contribution in [-0.4, -0.2) is 59.2 Å². The summed E-state index contributed by atoms with van der Waals surface area (Å²) in [6.45, 7) is 6.63. The zero-order chi connectivity index (χ0) is 28.7. The van der Waals surface area contributed by atoms with E-state index in [4.69, 9.17) is 21.1 Å². The molecule has 5 aromatic rings. The molecule has 10 heteroatoms. The number of ether oxygens (including phenoxy) is 2. The maximum atomic E-state index is 13.5. The first-order valence-electron chi connectivity index (χ1n) is 14.0. The fraction of sp³-hybridized carbons (Fsp3) is 0.250. The molecule has 0 atom stereocenters. The van der Waals surface area contributed by atoms with Gasteiger partial charge in [0, 0.05) is 55.7 Å². The van der Waals surface area contributed by atoms with E-state index < -0.39 is 0 Å². The van der Waals surface area contributed by atoms with Crippen molar-refractivity contribution in [2.75, 3.05) is 44.7 Å². The number of halogens is 2. The Bertz CT molecular complexity index is 1660. The standard InChI is InChI=1S/C32H32ClFN6O2/c33-28-17-26(5-7-31(28)42-20-22-2-1-3-25(34)14-22)39-32-27-16-24(4-6-29(27)37-21-38-32)30-15-23(19-36-30)18-35-8-9-40-10-12-41-13-11-40/h1-7,14-17,19,21,35-36H,8-13,18,20H2,(H,37,38,39). The summed E-state index contributed by atoms with van der Waals surface area (Å²) < 4.78 is 24.7. The van der Waals surface area contributed by atoms with E-state index in [1.807, 2.05) is 18.3 Å². The van der Waals surface area contributed by atoms with Gasteiger partial charge in [0.1, 0.15) is 30.3 Å². The SMILES string of the molecule is Fc1cccc(COc2ccc(Nc3ncnc4ccc(-c5cc(CNCCN6CCOCC6)c[nH]5)cc34)cc2Cl)c1. The van der Waals surface area contributed by atoms with E-state index in [9.17, 15) is 4.39 Å². The van der Waals surface area contributed by atoms with Gasteiger partial charge in [-0.1, -0.05) is 29.8 Å². The predicted octanol–water partition coefficient (Wildman–Crippen LogP) is 6.16. The van der Waals surface area contributed by atoms with Crippen molar-refractivity contribution in [1.29, 1.82) is 0 Å². The summed E-state index contributed by atoms with van der Waals surface area (Å²) in [5, 5.41) is 8.23. The number of fused-ring (bicyclic) bond motifs is 1. The largest absolute Gasteiger partial charge is 0.487 e. The minimum Gasteiger partial charge on any atom is -0.487 e. The van der Waals surface area contributed by atoms with E-state index in [0.717, 1.165) is 79.3 Å². The van der Waals surface area contributed by atoms with Crippen LogP contribution in [0.2, 0.25) is 5.02 Å². The molecule has 0 aliphatic carbocycles. The van der Waals surface area contributed by atoms with Gasteiger partial charge >= 0.3 is 0 Å². The van der Waals surface area contributed by atoms with Crippen LogP contribution in [0.4, 0.5) is 15.9 Å². The average molecular weight is 587 g/mol. The van der Waals surface area contributed by atoms with Crippen LogP contribution >= 0.6 is 11.6 Å². The molecule has 1 saturated heterocycles. The number of nitrogens with one attached hydrogen (secondary N) is 3. The normalized spacial score (nSPS) is 13.9. The van der Waals surface area contributed by atoms with Crippen molar-refractivity contribution in [3.05, 3.63) is 101 Å². The van der Waals surface area contributed by atoms with Crippen molar-refractivity contribution in [1.82, 2.24) is 25.2 Å². The van der Waals surface area contributed by atoms with Crippen LogP contribution in [0.3, 0.4) is 0 Å². The first-order valence-corrected chi connectivity index (χ1v) is 14.4. The minimum absolute atomic E-state index is 0.217. The molecule has 2 aromatic heterocycles. The Morgan fingerprint density at radius 1 is 1.00 bits per heavy atom. The number of H-pyrrole nitrogens is 1. The molecule has 0 saturated carbocycles. The van der Waals surface area contributed by atoms with Crippen LogP contribution in [0, 0.1) is 5.82 Å². The van der Waals surface area contributed by atoms with E-state index in [1.54, 1.807) is 24.3 Å². The Morgan fingerprint density at radius 2 is 1.90 bits per heavy atom. The molecule has 0 radical (unpaired) electrons. The van der Waals surface area contributed by atoms with E-state index in [0.29, 0.717) is 16.6 Å². The fourth-order valence-corrected chi connectivity index (χ4v) is 5.18. The van der Waals surface area contributed by atoms with Crippen LogP contribution in [0.1, 0.15) is 11.1 Å². The molecule has 1 fully saturated rings. The third-order valence-electron chi connectivity index (χ3n) is 7.20. The number of rotatable bonds is 11. The Morgan fingerprint density at radius 3 is 2.76 bits per heavy atom. The van der Waals surface area contributed by atoms with E-state index in [1.165, 1.54) is 24.0 Å². The molecular formula is C32H32ClFN6O2. The van der Waals surface area contributed by atoms with Gasteiger partial charge in [0.15, 0.2) is 0 Å². The highest BCUT2D eigenvalue weighted by molar-refractivity contribution is 6.32. The molecule has 0 spiro atoms. The number of aromatic nitrogens is 3. The molecule has 1 aliphatic heterocycles. The summed E-state index contributed by atoms with van der Waals surface area (Å²) >= 11 is 6.52. The molecule has 3 N–H and O–H groups in total. The molecular weight excluding hydrogens is 555 g/mol. The number of morpholine rings is 1. The second-order valence-corrected chi connectivity index (χ2v) is 10.6. The van der Waals surface area contributed by atoms with Gasteiger partial charge in [-0.3, -0.25) is 4.90 Å². The molecule has 42 heavy (non-hydrogen) atoms. The second kappa shape index (κ2) is 13.3. The molecule has 0 unspecified atom stereocenters.